The minimum Gasteiger partial charge on any atom is -0.443 e. The lowest BCUT2D eigenvalue weighted by Crippen LogP contribution is -1.82. The highest BCUT2D eigenvalue weighted by molar-refractivity contribution is 9.10. The summed E-state index contributed by atoms with van der Waals surface area (Å²) in [5.41, 5.74) is 3.77. The fourth-order valence-corrected chi connectivity index (χ4v) is 2.11. The molecule has 0 saturated carbocycles. The summed E-state index contributed by atoms with van der Waals surface area (Å²) in [6.45, 7) is 0. The molecule has 1 aromatic carbocycles. The second-order valence-electron chi connectivity index (χ2n) is 3.38. The smallest absolute Gasteiger partial charge is 0.181 e. The number of fused-ring (bicyclic) bond motifs is 1. The Morgan fingerprint density at radius 2 is 2.06 bits per heavy atom. The van der Waals surface area contributed by atoms with Crippen molar-refractivity contribution in [2.75, 3.05) is 0 Å². The number of rotatable bonds is 1. The second kappa shape index (κ2) is 3.72. The molecule has 2 heterocycles. The predicted molar refractivity (Wildman–Crippen MR) is 64.9 cm³/mol. The van der Waals surface area contributed by atoms with E-state index in [0.717, 1.165) is 26.8 Å². The van der Waals surface area contributed by atoms with Crippen LogP contribution in [-0.4, -0.2) is 9.97 Å². The summed E-state index contributed by atoms with van der Waals surface area (Å²) in [5, 5.41) is 0. The average Bonchev–Trinajstić information content (AvgIpc) is 2.76. The van der Waals surface area contributed by atoms with E-state index in [1.807, 2.05) is 30.3 Å². The fourth-order valence-electron chi connectivity index (χ4n) is 1.63. The van der Waals surface area contributed by atoms with Crippen LogP contribution in [0.25, 0.3) is 22.2 Å². The Hall–Kier alpha value is -1.68. The van der Waals surface area contributed by atoms with Gasteiger partial charge < -0.3 is 4.42 Å². The van der Waals surface area contributed by atoms with Gasteiger partial charge in [0.25, 0.3) is 0 Å². The molecule has 0 unspecified atom stereocenters. The molecule has 3 aromatic rings. The molecule has 0 amide bonds. The van der Waals surface area contributed by atoms with Crippen molar-refractivity contribution in [3.8, 4) is 11.1 Å². The molecule has 0 aliphatic carbocycles. The third kappa shape index (κ3) is 1.51. The molecule has 0 N–H and O–H groups in total. The van der Waals surface area contributed by atoms with E-state index in [2.05, 4.69) is 25.9 Å². The molecular formula is C12H7BrN2O. The van der Waals surface area contributed by atoms with E-state index >= 15 is 0 Å². The molecule has 0 fully saturated rings. The molecule has 0 spiro atoms. The molecule has 0 aliphatic heterocycles. The summed E-state index contributed by atoms with van der Waals surface area (Å²) in [7, 11) is 0. The molecule has 4 heteroatoms. The number of pyridine rings is 1. The number of halogens is 1. The third-order valence-corrected chi connectivity index (χ3v) is 3.03. The quantitative estimate of drug-likeness (QED) is 0.636. The number of hydrogen-bond donors (Lipinski definition) is 0. The van der Waals surface area contributed by atoms with Crippen molar-refractivity contribution in [1.82, 2.24) is 9.97 Å². The van der Waals surface area contributed by atoms with Gasteiger partial charge in [0.05, 0.1) is 0 Å². The Morgan fingerprint density at radius 3 is 2.94 bits per heavy atom. The lowest BCUT2D eigenvalue weighted by molar-refractivity contribution is 0.602. The molecule has 3 rings (SSSR count). The first-order valence-electron chi connectivity index (χ1n) is 4.79. The van der Waals surface area contributed by atoms with E-state index < -0.39 is 0 Å². The van der Waals surface area contributed by atoms with E-state index in [4.69, 9.17) is 4.42 Å². The van der Waals surface area contributed by atoms with Gasteiger partial charge in [-0.15, -0.1) is 0 Å². The van der Waals surface area contributed by atoms with Gasteiger partial charge in [-0.05, 0) is 39.7 Å². The summed E-state index contributed by atoms with van der Waals surface area (Å²) < 4.78 is 6.03. The first kappa shape index (κ1) is 9.54. The fraction of sp³-hybridized carbons (Fsp3) is 0. The lowest BCUT2D eigenvalue weighted by atomic mass is 10.1. The van der Waals surface area contributed by atoms with Crippen LogP contribution >= 0.6 is 15.9 Å². The van der Waals surface area contributed by atoms with E-state index in [1.165, 1.54) is 6.39 Å². The second-order valence-corrected chi connectivity index (χ2v) is 4.13. The summed E-state index contributed by atoms with van der Waals surface area (Å²) in [6, 6.07) is 9.82. The zero-order valence-corrected chi connectivity index (χ0v) is 9.81. The van der Waals surface area contributed by atoms with Gasteiger partial charge in [0.15, 0.2) is 12.0 Å². The van der Waals surface area contributed by atoms with Crippen LogP contribution in [-0.2, 0) is 0 Å². The molecule has 16 heavy (non-hydrogen) atoms. The number of aromatic nitrogens is 2. The van der Waals surface area contributed by atoms with E-state index in [-0.39, 0.29) is 0 Å². The zero-order valence-electron chi connectivity index (χ0n) is 8.22. The van der Waals surface area contributed by atoms with Crippen LogP contribution < -0.4 is 0 Å². The standard InChI is InChI=1S/C12H7BrN2O/c13-12-9(2-1-5-14-12)8-3-4-11-10(6-8)15-7-16-11/h1-7H. The van der Waals surface area contributed by atoms with Crippen LogP contribution in [0.1, 0.15) is 0 Å². The van der Waals surface area contributed by atoms with Crippen molar-refractivity contribution >= 4 is 27.0 Å². The number of hydrogen-bond acceptors (Lipinski definition) is 3. The maximum atomic E-state index is 5.20. The van der Waals surface area contributed by atoms with E-state index in [0.29, 0.717) is 0 Å². The molecule has 0 radical (unpaired) electrons. The van der Waals surface area contributed by atoms with Crippen molar-refractivity contribution < 1.29 is 4.42 Å². The van der Waals surface area contributed by atoms with E-state index in [1.54, 1.807) is 6.20 Å². The van der Waals surface area contributed by atoms with Gasteiger partial charge in [-0.3, -0.25) is 0 Å². The molecule has 0 atom stereocenters. The Morgan fingerprint density at radius 1 is 1.12 bits per heavy atom. The van der Waals surface area contributed by atoms with Crippen molar-refractivity contribution in [3.05, 3.63) is 47.5 Å². The predicted octanol–water partition coefficient (Wildman–Crippen LogP) is 3.65. The Bertz CT molecular complexity index is 648. The molecule has 0 aliphatic rings. The zero-order chi connectivity index (χ0) is 11.0. The maximum Gasteiger partial charge on any atom is 0.181 e. The van der Waals surface area contributed by atoms with Gasteiger partial charge in [0, 0.05) is 11.8 Å². The SMILES string of the molecule is Brc1ncccc1-c1ccc2ocnc2c1. The molecule has 3 nitrogen and oxygen atoms in total. The molecule has 2 aromatic heterocycles. The normalized spacial score (nSPS) is 10.8. The minimum absolute atomic E-state index is 0.795. The number of oxazole rings is 1. The lowest BCUT2D eigenvalue weighted by Gasteiger charge is -2.02. The first-order valence-corrected chi connectivity index (χ1v) is 5.58. The van der Waals surface area contributed by atoms with Gasteiger partial charge in [-0.2, -0.15) is 0 Å². The third-order valence-electron chi connectivity index (χ3n) is 2.40. The molecule has 78 valence electrons. The Balaban J connectivity index is 2.22. The van der Waals surface area contributed by atoms with Crippen molar-refractivity contribution in [2.24, 2.45) is 0 Å². The summed E-state index contributed by atoms with van der Waals surface area (Å²) in [6.07, 6.45) is 3.20. The highest BCUT2D eigenvalue weighted by atomic mass is 79.9. The summed E-state index contributed by atoms with van der Waals surface area (Å²) in [5.74, 6) is 0. The largest absolute Gasteiger partial charge is 0.443 e. The van der Waals surface area contributed by atoms with Gasteiger partial charge >= 0.3 is 0 Å². The maximum absolute atomic E-state index is 5.20. The summed E-state index contributed by atoms with van der Waals surface area (Å²) >= 11 is 3.43. The van der Waals surface area contributed by atoms with Crippen LogP contribution in [0.4, 0.5) is 0 Å². The first-order chi connectivity index (χ1) is 7.84. The van der Waals surface area contributed by atoms with Gasteiger partial charge in [0.2, 0.25) is 0 Å². The number of nitrogens with zero attached hydrogens (tertiary/aromatic N) is 2. The van der Waals surface area contributed by atoms with Crippen LogP contribution in [0.3, 0.4) is 0 Å². The monoisotopic (exact) mass is 274 g/mol. The Labute approximate surface area is 100 Å². The number of benzene rings is 1. The van der Waals surface area contributed by atoms with Gasteiger partial charge in [0.1, 0.15) is 10.1 Å². The van der Waals surface area contributed by atoms with Crippen LogP contribution in [0.5, 0.6) is 0 Å². The Kier molecular flexibility index (Phi) is 2.22. The summed E-state index contributed by atoms with van der Waals surface area (Å²) in [4.78, 5) is 8.33. The average molecular weight is 275 g/mol. The van der Waals surface area contributed by atoms with Gasteiger partial charge in [-0.25, -0.2) is 9.97 Å². The minimum atomic E-state index is 0.795. The molecule has 0 saturated heterocycles. The van der Waals surface area contributed by atoms with Crippen LogP contribution in [0.15, 0.2) is 51.9 Å². The van der Waals surface area contributed by atoms with Crippen LogP contribution in [0, 0.1) is 0 Å². The highest BCUT2D eigenvalue weighted by Crippen LogP contribution is 2.28. The van der Waals surface area contributed by atoms with Crippen molar-refractivity contribution in [1.29, 1.82) is 0 Å². The van der Waals surface area contributed by atoms with Gasteiger partial charge in [-0.1, -0.05) is 12.1 Å². The van der Waals surface area contributed by atoms with E-state index in [9.17, 15) is 0 Å². The van der Waals surface area contributed by atoms with Crippen molar-refractivity contribution in [2.45, 2.75) is 0 Å². The van der Waals surface area contributed by atoms with Crippen LogP contribution in [0.2, 0.25) is 0 Å². The highest BCUT2D eigenvalue weighted by Gasteiger charge is 2.05. The molecule has 0 bridgehead atoms. The molecular weight excluding hydrogens is 268 g/mol. The topological polar surface area (TPSA) is 38.9 Å². The van der Waals surface area contributed by atoms with Crippen molar-refractivity contribution in [3.63, 3.8) is 0 Å².